The third-order valence-corrected chi connectivity index (χ3v) is 4.38. The van der Waals surface area contributed by atoms with Crippen molar-refractivity contribution in [3.63, 3.8) is 0 Å². The minimum absolute atomic E-state index is 0.0450. The smallest absolute Gasteiger partial charge is 0.0589 e. The van der Waals surface area contributed by atoms with Crippen LogP contribution in [0.1, 0.15) is 26.3 Å². The molecule has 0 aliphatic rings. The molecule has 0 spiro atoms. The van der Waals surface area contributed by atoms with Crippen molar-refractivity contribution in [2.45, 2.75) is 32.7 Å². The third kappa shape index (κ3) is 6.07. The van der Waals surface area contributed by atoms with Gasteiger partial charge >= 0.3 is 0 Å². The van der Waals surface area contributed by atoms with Crippen molar-refractivity contribution in [3.8, 4) is 0 Å². The number of hydrogen-bond acceptors (Lipinski definition) is 3. The second-order valence-electron chi connectivity index (χ2n) is 6.34. The van der Waals surface area contributed by atoms with Crippen molar-refractivity contribution >= 4 is 15.9 Å². The summed E-state index contributed by atoms with van der Waals surface area (Å²) in [6.07, 6.45) is 0.952. The summed E-state index contributed by atoms with van der Waals surface area (Å²) < 4.78 is 6.38. The summed E-state index contributed by atoms with van der Waals surface area (Å²) in [5, 5.41) is 0. The summed E-state index contributed by atoms with van der Waals surface area (Å²) in [6, 6.07) is 8.52. The maximum Gasteiger partial charge on any atom is 0.0589 e. The fourth-order valence-electron chi connectivity index (χ4n) is 2.58. The zero-order valence-corrected chi connectivity index (χ0v) is 15.3. The molecule has 0 aromatic heterocycles. The lowest BCUT2D eigenvalue weighted by Gasteiger charge is -2.42. The summed E-state index contributed by atoms with van der Waals surface area (Å²) in [5.74, 6) is 0.609. The highest BCUT2D eigenvalue weighted by Crippen LogP contribution is 2.22. The summed E-state index contributed by atoms with van der Waals surface area (Å²) in [7, 11) is 1.75. The molecule has 0 fully saturated rings. The highest BCUT2D eigenvalue weighted by atomic mass is 79.9. The Labute approximate surface area is 138 Å². The number of halogens is 1. The topological polar surface area (TPSA) is 38.5 Å². The van der Waals surface area contributed by atoms with Crippen LogP contribution in [0.4, 0.5) is 0 Å². The van der Waals surface area contributed by atoms with Gasteiger partial charge in [0.2, 0.25) is 0 Å². The fraction of sp³-hybridized carbons (Fsp3) is 0.647. The van der Waals surface area contributed by atoms with E-state index in [-0.39, 0.29) is 5.54 Å². The third-order valence-electron chi connectivity index (χ3n) is 3.85. The number of ether oxygens (including phenoxy) is 1. The number of benzene rings is 1. The monoisotopic (exact) mass is 356 g/mol. The molecular weight excluding hydrogens is 328 g/mol. The van der Waals surface area contributed by atoms with Gasteiger partial charge in [0, 0.05) is 36.8 Å². The zero-order valence-electron chi connectivity index (χ0n) is 13.7. The normalized spacial score (nSPS) is 14.7. The Morgan fingerprint density at radius 3 is 2.38 bits per heavy atom. The molecule has 0 radical (unpaired) electrons. The molecule has 1 aromatic rings. The Kier molecular flexibility index (Phi) is 7.88. The van der Waals surface area contributed by atoms with E-state index in [0.717, 1.165) is 30.6 Å². The number of nitrogens with two attached hydrogens (primary N) is 1. The highest BCUT2D eigenvalue weighted by Gasteiger charge is 2.30. The minimum Gasteiger partial charge on any atom is -0.383 e. The lowest BCUT2D eigenvalue weighted by molar-refractivity contribution is 0.0606. The SMILES string of the molecule is COCCN(CC(C)C)C(C)(CN)Cc1ccc(Br)cc1. The van der Waals surface area contributed by atoms with Gasteiger partial charge in [-0.25, -0.2) is 0 Å². The lowest BCUT2D eigenvalue weighted by atomic mass is 9.90. The van der Waals surface area contributed by atoms with E-state index in [1.54, 1.807) is 7.11 Å². The van der Waals surface area contributed by atoms with Crippen molar-refractivity contribution in [2.24, 2.45) is 11.7 Å². The van der Waals surface area contributed by atoms with Crippen LogP contribution in [0.2, 0.25) is 0 Å². The molecule has 0 aliphatic heterocycles. The predicted octanol–water partition coefficient (Wildman–Crippen LogP) is 3.31. The Balaban J connectivity index is 2.88. The van der Waals surface area contributed by atoms with E-state index in [9.17, 15) is 0 Å². The van der Waals surface area contributed by atoms with Gasteiger partial charge in [-0.1, -0.05) is 41.9 Å². The maximum absolute atomic E-state index is 6.14. The predicted molar refractivity (Wildman–Crippen MR) is 93.6 cm³/mol. The zero-order chi connectivity index (χ0) is 15.9. The summed E-state index contributed by atoms with van der Waals surface area (Å²) >= 11 is 3.49. The van der Waals surface area contributed by atoms with E-state index >= 15 is 0 Å². The molecule has 0 bridgehead atoms. The molecule has 1 rings (SSSR count). The molecule has 1 aromatic carbocycles. The molecule has 0 saturated carbocycles. The summed E-state index contributed by atoms with van der Waals surface area (Å²) in [5.41, 5.74) is 7.41. The van der Waals surface area contributed by atoms with Gasteiger partial charge in [-0.15, -0.1) is 0 Å². The van der Waals surface area contributed by atoms with Crippen LogP contribution >= 0.6 is 15.9 Å². The van der Waals surface area contributed by atoms with Gasteiger partial charge in [0.25, 0.3) is 0 Å². The first kappa shape index (κ1) is 18.6. The largest absolute Gasteiger partial charge is 0.383 e. The molecular formula is C17H29BrN2O. The summed E-state index contributed by atoms with van der Waals surface area (Å²) in [4.78, 5) is 2.48. The van der Waals surface area contributed by atoms with Crippen molar-refractivity contribution < 1.29 is 4.74 Å². The molecule has 120 valence electrons. The van der Waals surface area contributed by atoms with Crippen LogP contribution in [0.5, 0.6) is 0 Å². The Morgan fingerprint density at radius 2 is 1.90 bits per heavy atom. The van der Waals surface area contributed by atoms with E-state index in [1.165, 1.54) is 5.56 Å². The van der Waals surface area contributed by atoms with Crippen LogP contribution in [0.3, 0.4) is 0 Å². The summed E-state index contributed by atoms with van der Waals surface area (Å²) in [6.45, 7) is 10.1. The van der Waals surface area contributed by atoms with Gasteiger partial charge in [-0.2, -0.15) is 0 Å². The number of nitrogens with zero attached hydrogens (tertiary/aromatic N) is 1. The Bertz CT molecular complexity index is 408. The molecule has 1 atom stereocenters. The van der Waals surface area contributed by atoms with E-state index in [4.69, 9.17) is 10.5 Å². The van der Waals surface area contributed by atoms with Gasteiger partial charge < -0.3 is 10.5 Å². The van der Waals surface area contributed by atoms with E-state index in [0.29, 0.717) is 12.5 Å². The quantitative estimate of drug-likeness (QED) is 0.737. The first-order valence-electron chi connectivity index (χ1n) is 7.60. The van der Waals surface area contributed by atoms with E-state index in [2.05, 4.69) is 65.9 Å². The first-order chi connectivity index (χ1) is 9.91. The van der Waals surface area contributed by atoms with Gasteiger partial charge in [-0.3, -0.25) is 4.90 Å². The average Bonchev–Trinajstić information content (AvgIpc) is 2.45. The average molecular weight is 357 g/mol. The molecule has 0 aliphatic carbocycles. The fourth-order valence-corrected chi connectivity index (χ4v) is 2.84. The maximum atomic E-state index is 6.14. The Morgan fingerprint density at radius 1 is 1.29 bits per heavy atom. The molecule has 3 nitrogen and oxygen atoms in total. The molecule has 0 heterocycles. The lowest BCUT2D eigenvalue weighted by Crippen LogP contribution is -2.55. The first-order valence-corrected chi connectivity index (χ1v) is 8.39. The van der Waals surface area contributed by atoms with Gasteiger partial charge in [-0.05, 0) is 37.0 Å². The van der Waals surface area contributed by atoms with Crippen LogP contribution in [0.15, 0.2) is 28.7 Å². The van der Waals surface area contributed by atoms with Crippen molar-refractivity contribution in [1.82, 2.24) is 4.90 Å². The molecule has 21 heavy (non-hydrogen) atoms. The van der Waals surface area contributed by atoms with Gasteiger partial charge in [0.05, 0.1) is 6.61 Å². The number of hydrogen-bond donors (Lipinski definition) is 1. The minimum atomic E-state index is -0.0450. The van der Waals surface area contributed by atoms with E-state index in [1.807, 2.05) is 0 Å². The van der Waals surface area contributed by atoms with Crippen LogP contribution in [-0.4, -0.2) is 43.8 Å². The van der Waals surface area contributed by atoms with E-state index < -0.39 is 0 Å². The molecule has 0 saturated heterocycles. The standard InChI is InChI=1S/C17H29BrN2O/c1-14(2)12-20(9-10-21-4)17(3,13-19)11-15-5-7-16(18)8-6-15/h5-8,14H,9-13,19H2,1-4H3. The molecule has 4 heteroatoms. The van der Waals surface area contributed by atoms with Crippen molar-refractivity contribution in [2.75, 3.05) is 33.4 Å². The molecule has 1 unspecified atom stereocenters. The van der Waals surface area contributed by atoms with Crippen molar-refractivity contribution in [1.29, 1.82) is 0 Å². The van der Waals surface area contributed by atoms with Crippen LogP contribution in [0, 0.1) is 5.92 Å². The molecule has 2 N–H and O–H groups in total. The van der Waals surface area contributed by atoms with Gasteiger partial charge in [0.1, 0.15) is 0 Å². The highest BCUT2D eigenvalue weighted by molar-refractivity contribution is 9.10. The van der Waals surface area contributed by atoms with Crippen LogP contribution < -0.4 is 5.73 Å². The van der Waals surface area contributed by atoms with Crippen LogP contribution in [0.25, 0.3) is 0 Å². The number of rotatable bonds is 9. The van der Waals surface area contributed by atoms with Gasteiger partial charge in [0.15, 0.2) is 0 Å². The van der Waals surface area contributed by atoms with Crippen LogP contribution in [-0.2, 0) is 11.2 Å². The molecule has 0 amide bonds. The number of methoxy groups -OCH3 is 1. The second-order valence-corrected chi connectivity index (χ2v) is 7.25. The Hall–Kier alpha value is -0.420. The second kappa shape index (κ2) is 8.89. The van der Waals surface area contributed by atoms with Crippen molar-refractivity contribution in [3.05, 3.63) is 34.3 Å².